The highest BCUT2D eigenvalue weighted by Gasteiger charge is 2.30. The summed E-state index contributed by atoms with van der Waals surface area (Å²) in [5.74, 6) is 0.994. The number of methoxy groups -OCH3 is 1. The molecule has 194 valence electrons. The van der Waals surface area contributed by atoms with Gasteiger partial charge in [-0.25, -0.2) is 9.97 Å². The number of ether oxygens (including phenoxy) is 2. The summed E-state index contributed by atoms with van der Waals surface area (Å²) in [6.45, 7) is 4.57. The number of hydrogen-bond donors (Lipinski definition) is 2. The van der Waals surface area contributed by atoms with Crippen LogP contribution in [0.3, 0.4) is 0 Å². The second kappa shape index (κ2) is 9.46. The standard InChI is InChI=1S/C28H29N7O3/c1-37-18-13-34(14-18)15-23-19(17-6-9-38-16-17)3-5-25(33-23)32-22-4-2-20(21-10-31-28(36)27(21)22)24-11-30-26-12-29-7-8-35(24)26/h2-5,7-8,11-12,17-18H,6,9-10,13-16H2,1H3,(H,31,36)(H,32,33). The Morgan fingerprint density at radius 1 is 1.21 bits per heavy atom. The fraction of sp³-hybridized carbons (Fsp3) is 0.357. The molecule has 10 nitrogen and oxygen atoms in total. The first kappa shape index (κ1) is 23.3. The van der Waals surface area contributed by atoms with Crippen LogP contribution in [-0.2, 0) is 22.6 Å². The van der Waals surface area contributed by atoms with E-state index in [1.807, 2.05) is 35.0 Å². The number of rotatable bonds is 7. The van der Waals surface area contributed by atoms with Crippen molar-refractivity contribution in [3.63, 3.8) is 0 Å². The van der Waals surface area contributed by atoms with Crippen LogP contribution in [0.5, 0.6) is 0 Å². The number of nitrogens with zero attached hydrogens (tertiary/aromatic N) is 5. The fourth-order valence-electron chi connectivity index (χ4n) is 5.74. The van der Waals surface area contributed by atoms with Crippen LogP contribution < -0.4 is 10.6 Å². The zero-order chi connectivity index (χ0) is 25.6. The number of nitrogens with one attached hydrogen (secondary N) is 2. The molecule has 3 aromatic heterocycles. The Hall–Kier alpha value is -3.86. The second-order valence-corrected chi connectivity index (χ2v) is 10.1. The average molecular weight is 512 g/mol. The molecule has 38 heavy (non-hydrogen) atoms. The van der Waals surface area contributed by atoms with Crippen molar-refractivity contribution in [2.45, 2.75) is 31.5 Å². The Kier molecular flexibility index (Phi) is 5.80. The van der Waals surface area contributed by atoms with Crippen molar-refractivity contribution in [3.8, 4) is 11.3 Å². The van der Waals surface area contributed by atoms with Crippen molar-refractivity contribution in [2.75, 3.05) is 38.7 Å². The van der Waals surface area contributed by atoms with Crippen molar-refractivity contribution in [3.05, 3.63) is 71.4 Å². The van der Waals surface area contributed by atoms with Crippen molar-refractivity contribution < 1.29 is 14.3 Å². The number of carbonyl (C=O) groups excluding carboxylic acids is 1. The highest BCUT2D eigenvalue weighted by Crippen LogP contribution is 2.36. The third kappa shape index (κ3) is 4.01. The van der Waals surface area contributed by atoms with E-state index in [9.17, 15) is 4.79 Å². The third-order valence-corrected chi connectivity index (χ3v) is 7.83. The Morgan fingerprint density at radius 3 is 2.97 bits per heavy atom. The summed E-state index contributed by atoms with van der Waals surface area (Å²) in [6, 6.07) is 8.17. The Labute approximate surface area is 220 Å². The fourth-order valence-corrected chi connectivity index (χ4v) is 5.74. The first-order valence-corrected chi connectivity index (χ1v) is 13.0. The molecule has 0 saturated carbocycles. The molecule has 1 unspecified atom stereocenters. The predicted molar refractivity (Wildman–Crippen MR) is 141 cm³/mol. The van der Waals surface area contributed by atoms with E-state index < -0.39 is 0 Å². The number of benzene rings is 1. The number of amides is 1. The second-order valence-electron chi connectivity index (χ2n) is 10.1. The van der Waals surface area contributed by atoms with E-state index in [1.165, 1.54) is 5.56 Å². The minimum Gasteiger partial charge on any atom is -0.381 e. The highest BCUT2D eigenvalue weighted by atomic mass is 16.5. The molecule has 10 heteroatoms. The lowest BCUT2D eigenvalue weighted by molar-refractivity contribution is -0.0340. The molecule has 1 aromatic carbocycles. The minimum atomic E-state index is -0.0917. The summed E-state index contributed by atoms with van der Waals surface area (Å²) in [4.78, 5) is 29.0. The van der Waals surface area contributed by atoms with Crippen molar-refractivity contribution in [2.24, 2.45) is 0 Å². The first-order valence-electron chi connectivity index (χ1n) is 13.0. The molecule has 3 aliphatic heterocycles. The molecule has 1 amide bonds. The molecule has 6 heterocycles. The molecule has 2 fully saturated rings. The first-order chi connectivity index (χ1) is 18.7. The topological polar surface area (TPSA) is 106 Å². The van der Waals surface area contributed by atoms with Gasteiger partial charge in [0.25, 0.3) is 5.91 Å². The summed E-state index contributed by atoms with van der Waals surface area (Å²) in [5, 5.41) is 6.45. The van der Waals surface area contributed by atoms with Crippen LogP contribution in [0, 0.1) is 0 Å². The number of likely N-dealkylation sites (tertiary alicyclic amines) is 1. The number of imidazole rings is 1. The zero-order valence-corrected chi connectivity index (χ0v) is 21.2. The van der Waals surface area contributed by atoms with E-state index >= 15 is 0 Å². The maximum absolute atomic E-state index is 13.0. The van der Waals surface area contributed by atoms with Crippen LogP contribution in [0.4, 0.5) is 11.5 Å². The van der Waals surface area contributed by atoms with E-state index in [2.05, 4.69) is 31.6 Å². The van der Waals surface area contributed by atoms with Crippen LogP contribution in [0.2, 0.25) is 0 Å². The van der Waals surface area contributed by atoms with Crippen molar-refractivity contribution in [1.29, 1.82) is 0 Å². The van der Waals surface area contributed by atoms with Gasteiger partial charge in [0, 0.05) is 63.8 Å². The smallest absolute Gasteiger partial charge is 0.254 e. The summed E-state index contributed by atoms with van der Waals surface area (Å²) in [7, 11) is 1.76. The van der Waals surface area contributed by atoms with Crippen molar-refractivity contribution in [1.82, 2.24) is 29.6 Å². The van der Waals surface area contributed by atoms with E-state index in [0.717, 1.165) is 78.9 Å². The molecule has 0 radical (unpaired) electrons. The van der Waals surface area contributed by atoms with Gasteiger partial charge in [0.1, 0.15) is 5.82 Å². The molecule has 3 aliphatic rings. The molecule has 7 rings (SSSR count). The number of anilines is 2. The Bertz CT molecular complexity index is 1520. The van der Waals surface area contributed by atoms with Crippen LogP contribution in [-0.4, -0.2) is 69.7 Å². The monoisotopic (exact) mass is 511 g/mol. The lowest BCUT2D eigenvalue weighted by Gasteiger charge is -2.38. The highest BCUT2D eigenvalue weighted by molar-refractivity contribution is 6.06. The van der Waals surface area contributed by atoms with Gasteiger partial charge in [-0.2, -0.15) is 0 Å². The van der Waals surface area contributed by atoms with Crippen LogP contribution in [0.1, 0.15) is 39.5 Å². The number of carbonyl (C=O) groups is 1. The molecule has 4 aromatic rings. The zero-order valence-electron chi connectivity index (χ0n) is 21.2. The van der Waals surface area contributed by atoms with Crippen LogP contribution in [0.25, 0.3) is 16.9 Å². The Balaban J connectivity index is 1.22. The third-order valence-electron chi connectivity index (χ3n) is 7.83. The molecule has 2 N–H and O–H groups in total. The molecular formula is C28H29N7O3. The minimum absolute atomic E-state index is 0.0917. The maximum atomic E-state index is 13.0. The number of aromatic nitrogens is 4. The number of fused-ring (bicyclic) bond motifs is 2. The number of hydrogen-bond acceptors (Lipinski definition) is 8. The summed E-state index contributed by atoms with van der Waals surface area (Å²) in [5.41, 5.74) is 7.30. The van der Waals surface area contributed by atoms with Crippen LogP contribution >= 0.6 is 0 Å². The van der Waals surface area contributed by atoms with Gasteiger partial charge in [0.2, 0.25) is 0 Å². The van der Waals surface area contributed by atoms with Gasteiger partial charge >= 0.3 is 0 Å². The van der Waals surface area contributed by atoms with Gasteiger partial charge in [0.05, 0.1) is 47.7 Å². The normalized spacial score (nSPS) is 19.5. The molecule has 2 saturated heterocycles. The van der Waals surface area contributed by atoms with Gasteiger partial charge in [-0.15, -0.1) is 0 Å². The quantitative estimate of drug-likeness (QED) is 0.390. The predicted octanol–water partition coefficient (Wildman–Crippen LogP) is 3.11. The maximum Gasteiger partial charge on any atom is 0.254 e. The van der Waals surface area contributed by atoms with Gasteiger partial charge in [-0.3, -0.25) is 19.1 Å². The largest absolute Gasteiger partial charge is 0.381 e. The van der Waals surface area contributed by atoms with Crippen molar-refractivity contribution >= 4 is 23.1 Å². The SMILES string of the molecule is COC1CN(Cc2nc(Nc3ccc(-c4cnc5cnccn45)c4c3C(=O)NC4)ccc2C2CCOC2)C1. The molecule has 0 spiro atoms. The van der Waals surface area contributed by atoms with E-state index in [4.69, 9.17) is 14.5 Å². The molecule has 1 atom stereocenters. The van der Waals surface area contributed by atoms with Crippen LogP contribution in [0.15, 0.2) is 49.1 Å². The van der Waals surface area contributed by atoms with E-state index in [-0.39, 0.29) is 5.91 Å². The lowest BCUT2D eigenvalue weighted by Crippen LogP contribution is -2.51. The lowest BCUT2D eigenvalue weighted by atomic mass is 9.96. The molecule has 0 aliphatic carbocycles. The number of pyridine rings is 1. The van der Waals surface area contributed by atoms with E-state index in [0.29, 0.717) is 24.1 Å². The van der Waals surface area contributed by atoms with Gasteiger partial charge in [-0.05, 0) is 29.7 Å². The molecule has 0 bridgehead atoms. The summed E-state index contributed by atoms with van der Waals surface area (Å²) < 4.78 is 13.1. The molecular weight excluding hydrogens is 482 g/mol. The summed E-state index contributed by atoms with van der Waals surface area (Å²) in [6.07, 6.45) is 8.47. The van der Waals surface area contributed by atoms with Gasteiger partial charge in [-0.1, -0.05) is 12.1 Å². The van der Waals surface area contributed by atoms with Gasteiger partial charge in [0.15, 0.2) is 5.65 Å². The van der Waals surface area contributed by atoms with Gasteiger partial charge < -0.3 is 20.1 Å². The Morgan fingerprint density at radius 2 is 2.13 bits per heavy atom. The summed E-state index contributed by atoms with van der Waals surface area (Å²) >= 11 is 0. The average Bonchev–Trinajstić information content (AvgIpc) is 3.67. The van der Waals surface area contributed by atoms with E-state index in [1.54, 1.807) is 19.5 Å².